The molecule has 1 atom stereocenters. The second kappa shape index (κ2) is 6.19. The predicted molar refractivity (Wildman–Crippen MR) is 65.9 cm³/mol. The van der Waals surface area contributed by atoms with Crippen LogP contribution in [0.2, 0.25) is 0 Å². The minimum atomic E-state index is -0.0715. The van der Waals surface area contributed by atoms with Crippen LogP contribution in [0.15, 0.2) is 9.98 Å². The zero-order valence-corrected chi connectivity index (χ0v) is 10.9. The fourth-order valence-corrected chi connectivity index (χ4v) is 2.32. The van der Waals surface area contributed by atoms with E-state index in [0.717, 1.165) is 16.6 Å². The van der Waals surface area contributed by atoms with Crippen LogP contribution in [0, 0.1) is 0 Å². The molecule has 0 aromatic carbocycles. The number of nitrogens with two attached hydrogens (primary N) is 1. The van der Waals surface area contributed by atoms with Gasteiger partial charge in [-0.3, -0.25) is 4.79 Å². The van der Waals surface area contributed by atoms with Gasteiger partial charge < -0.3 is 11.1 Å². The third-order valence-electron chi connectivity index (χ3n) is 1.83. The second-order valence-corrected chi connectivity index (χ2v) is 5.68. The normalized spacial score (nSPS) is 12.5. The van der Waals surface area contributed by atoms with Crippen LogP contribution in [0.5, 0.6) is 0 Å². The lowest BCUT2D eigenvalue weighted by Gasteiger charge is -2.08. The molecule has 6 heteroatoms. The molecule has 1 aromatic rings. The Bertz CT molecular complexity index is 329. The third kappa shape index (κ3) is 4.72. The van der Waals surface area contributed by atoms with Gasteiger partial charge in [0.15, 0.2) is 5.13 Å². The van der Waals surface area contributed by atoms with Crippen LogP contribution in [0.25, 0.3) is 0 Å². The molecule has 0 radical (unpaired) electrons. The number of rotatable bonds is 5. The van der Waals surface area contributed by atoms with Crippen LogP contribution < -0.4 is 11.1 Å². The van der Waals surface area contributed by atoms with Crippen molar-refractivity contribution >= 4 is 38.3 Å². The van der Waals surface area contributed by atoms with Gasteiger partial charge >= 0.3 is 0 Å². The molecule has 1 amide bonds. The monoisotopic (exact) mass is 291 g/mol. The third-order valence-corrected chi connectivity index (χ3v) is 3.22. The first-order chi connectivity index (χ1) is 7.11. The molecule has 0 aliphatic rings. The summed E-state index contributed by atoms with van der Waals surface area (Å²) < 4.78 is 0.899. The largest absolute Gasteiger partial charge is 0.327 e. The average molecular weight is 292 g/mol. The fraction of sp³-hybridized carbons (Fsp3) is 0.556. The number of carbonyl (C=O) groups excluding carboxylic acids is 1. The zero-order chi connectivity index (χ0) is 11.3. The maximum atomic E-state index is 11.5. The lowest BCUT2D eigenvalue weighted by atomic mass is 10.1. The van der Waals surface area contributed by atoms with E-state index in [1.54, 1.807) is 6.20 Å². The van der Waals surface area contributed by atoms with Crippen molar-refractivity contribution in [2.45, 2.75) is 32.2 Å². The van der Waals surface area contributed by atoms with Crippen LogP contribution in [0.1, 0.15) is 26.2 Å². The number of carbonyl (C=O) groups is 1. The van der Waals surface area contributed by atoms with Crippen molar-refractivity contribution in [3.05, 3.63) is 9.98 Å². The molecular formula is C9H14BrN3OS. The topological polar surface area (TPSA) is 68.0 Å². The van der Waals surface area contributed by atoms with Crippen molar-refractivity contribution in [1.82, 2.24) is 4.98 Å². The summed E-state index contributed by atoms with van der Waals surface area (Å²) in [6.07, 6.45) is 3.88. The second-order valence-electron chi connectivity index (χ2n) is 3.27. The molecule has 0 aliphatic heterocycles. The summed E-state index contributed by atoms with van der Waals surface area (Å²) in [5.74, 6) is -0.0715. The van der Waals surface area contributed by atoms with E-state index < -0.39 is 0 Å². The highest BCUT2D eigenvalue weighted by molar-refractivity contribution is 9.11. The molecule has 1 aromatic heterocycles. The number of nitrogens with one attached hydrogen (secondary N) is 1. The predicted octanol–water partition coefficient (Wildman–Crippen LogP) is 2.36. The number of thiazole rings is 1. The molecule has 0 saturated heterocycles. The maximum absolute atomic E-state index is 11.5. The minimum absolute atomic E-state index is 0.0570. The van der Waals surface area contributed by atoms with Crippen LogP contribution in [-0.4, -0.2) is 16.9 Å². The molecule has 1 unspecified atom stereocenters. The summed E-state index contributed by atoms with van der Waals surface area (Å²) in [4.78, 5) is 15.5. The lowest BCUT2D eigenvalue weighted by molar-refractivity contribution is -0.116. The fourth-order valence-electron chi connectivity index (χ4n) is 1.19. The van der Waals surface area contributed by atoms with Crippen LogP contribution in [0.3, 0.4) is 0 Å². The highest BCUT2D eigenvalue weighted by atomic mass is 79.9. The van der Waals surface area contributed by atoms with Gasteiger partial charge in [-0.25, -0.2) is 4.98 Å². The van der Waals surface area contributed by atoms with Crippen molar-refractivity contribution in [2.75, 3.05) is 5.32 Å². The van der Waals surface area contributed by atoms with E-state index in [9.17, 15) is 4.79 Å². The van der Waals surface area contributed by atoms with E-state index in [1.165, 1.54) is 11.3 Å². The first-order valence-electron chi connectivity index (χ1n) is 4.78. The summed E-state index contributed by atoms with van der Waals surface area (Å²) in [6, 6.07) is -0.0570. The maximum Gasteiger partial charge on any atom is 0.227 e. The van der Waals surface area contributed by atoms with Crippen molar-refractivity contribution in [3.63, 3.8) is 0 Å². The first-order valence-corrected chi connectivity index (χ1v) is 6.39. The minimum Gasteiger partial charge on any atom is -0.327 e. The molecule has 3 N–H and O–H groups in total. The number of anilines is 1. The summed E-state index contributed by atoms with van der Waals surface area (Å²) in [7, 11) is 0. The van der Waals surface area contributed by atoms with Crippen LogP contribution >= 0.6 is 27.3 Å². The Kier molecular flexibility index (Phi) is 5.21. The van der Waals surface area contributed by atoms with Gasteiger partial charge in [-0.05, 0) is 22.4 Å². The van der Waals surface area contributed by atoms with Gasteiger partial charge in [0.2, 0.25) is 5.91 Å². The molecule has 0 saturated carbocycles. The molecule has 4 nitrogen and oxygen atoms in total. The van der Waals surface area contributed by atoms with E-state index in [2.05, 4.69) is 33.2 Å². The van der Waals surface area contributed by atoms with E-state index >= 15 is 0 Å². The molecule has 1 rings (SSSR count). The molecular weight excluding hydrogens is 278 g/mol. The Balaban J connectivity index is 2.36. The zero-order valence-electron chi connectivity index (χ0n) is 8.50. The van der Waals surface area contributed by atoms with E-state index in [0.29, 0.717) is 11.6 Å². The number of hydrogen-bond donors (Lipinski definition) is 2. The highest BCUT2D eigenvalue weighted by Gasteiger charge is 2.10. The van der Waals surface area contributed by atoms with Gasteiger partial charge in [0.25, 0.3) is 0 Å². The Morgan fingerprint density at radius 3 is 3.07 bits per heavy atom. The summed E-state index contributed by atoms with van der Waals surface area (Å²) >= 11 is 4.67. The van der Waals surface area contributed by atoms with E-state index in [4.69, 9.17) is 5.73 Å². The lowest BCUT2D eigenvalue weighted by Crippen LogP contribution is -2.26. The Morgan fingerprint density at radius 2 is 2.53 bits per heavy atom. The van der Waals surface area contributed by atoms with Gasteiger partial charge in [-0.15, -0.1) is 0 Å². The number of hydrogen-bond acceptors (Lipinski definition) is 4. The molecule has 0 spiro atoms. The number of nitrogens with zero attached hydrogens (tertiary/aromatic N) is 1. The van der Waals surface area contributed by atoms with Gasteiger partial charge in [0, 0.05) is 12.5 Å². The molecule has 84 valence electrons. The standard InChI is InChI=1S/C9H14BrN3OS/c1-2-3-6(11)4-8(14)13-9-12-5-7(10)15-9/h5-6H,2-4,11H2,1H3,(H,12,13,14). The number of aromatic nitrogens is 1. The van der Waals surface area contributed by atoms with Crippen molar-refractivity contribution in [2.24, 2.45) is 5.73 Å². The van der Waals surface area contributed by atoms with Gasteiger partial charge in [0.05, 0.1) is 9.98 Å². The smallest absolute Gasteiger partial charge is 0.227 e. The van der Waals surface area contributed by atoms with Gasteiger partial charge in [0.1, 0.15) is 0 Å². The van der Waals surface area contributed by atoms with Gasteiger partial charge in [-0.2, -0.15) is 0 Å². The van der Waals surface area contributed by atoms with Crippen molar-refractivity contribution in [3.8, 4) is 0 Å². The van der Waals surface area contributed by atoms with Crippen LogP contribution in [0.4, 0.5) is 5.13 Å². The average Bonchev–Trinajstić information content (AvgIpc) is 2.51. The van der Waals surface area contributed by atoms with E-state index in [-0.39, 0.29) is 11.9 Å². The number of amides is 1. The van der Waals surface area contributed by atoms with E-state index in [1.807, 2.05) is 0 Å². The summed E-state index contributed by atoms with van der Waals surface area (Å²) in [6.45, 7) is 2.05. The molecule has 0 aliphatic carbocycles. The molecule has 15 heavy (non-hydrogen) atoms. The summed E-state index contributed by atoms with van der Waals surface area (Å²) in [5.41, 5.74) is 5.76. The SMILES string of the molecule is CCCC(N)CC(=O)Nc1ncc(Br)s1. The Morgan fingerprint density at radius 1 is 1.80 bits per heavy atom. The molecule has 1 heterocycles. The molecule has 0 fully saturated rings. The van der Waals surface area contributed by atoms with Crippen molar-refractivity contribution < 1.29 is 4.79 Å². The Hall–Kier alpha value is -0.460. The Labute approximate surface area is 101 Å². The summed E-state index contributed by atoms with van der Waals surface area (Å²) in [5, 5.41) is 3.32. The van der Waals surface area contributed by atoms with Gasteiger partial charge in [-0.1, -0.05) is 24.7 Å². The van der Waals surface area contributed by atoms with Crippen molar-refractivity contribution in [1.29, 1.82) is 0 Å². The quantitative estimate of drug-likeness (QED) is 0.875. The number of halogens is 1. The van der Waals surface area contributed by atoms with Crippen LogP contribution in [-0.2, 0) is 4.79 Å². The highest BCUT2D eigenvalue weighted by Crippen LogP contribution is 2.23. The molecule has 0 bridgehead atoms. The first kappa shape index (κ1) is 12.6.